The van der Waals surface area contributed by atoms with E-state index in [9.17, 15) is 4.79 Å². The van der Waals surface area contributed by atoms with E-state index in [-0.39, 0.29) is 16.6 Å². The maximum Gasteiger partial charge on any atom is 0.341 e. The molecule has 1 unspecified atom stereocenters. The Morgan fingerprint density at radius 2 is 1.95 bits per heavy atom. The van der Waals surface area contributed by atoms with Gasteiger partial charge in [0.25, 0.3) is 0 Å². The van der Waals surface area contributed by atoms with Crippen molar-refractivity contribution in [3.63, 3.8) is 0 Å². The Hall–Kier alpha value is -2.07. The molecule has 0 radical (unpaired) electrons. The summed E-state index contributed by atoms with van der Waals surface area (Å²) in [6, 6.07) is 10.3. The van der Waals surface area contributed by atoms with E-state index < -0.39 is 5.97 Å². The van der Waals surface area contributed by atoms with Gasteiger partial charge in [-0.2, -0.15) is 0 Å². The molecule has 5 heteroatoms. The Labute approximate surface area is 128 Å². The quantitative estimate of drug-likeness (QED) is 0.811. The number of carboxylic acids is 1. The molecule has 0 spiro atoms. The predicted molar refractivity (Wildman–Crippen MR) is 81.4 cm³/mol. The second-order valence-electron chi connectivity index (χ2n) is 4.77. The lowest BCUT2D eigenvalue weighted by molar-refractivity contribution is 0.0693. The highest BCUT2D eigenvalue weighted by atomic mass is 35.5. The summed E-state index contributed by atoms with van der Waals surface area (Å²) in [7, 11) is 0. The number of carbonyl (C=O) groups is 1. The lowest BCUT2D eigenvalue weighted by atomic mass is 9.99. The number of ether oxygens (including phenoxy) is 1. The average molecular weight is 306 g/mol. The van der Waals surface area contributed by atoms with Crippen LogP contribution in [0.5, 0.6) is 11.6 Å². The fourth-order valence-electron chi connectivity index (χ4n) is 1.87. The van der Waals surface area contributed by atoms with E-state index in [4.69, 9.17) is 21.4 Å². The summed E-state index contributed by atoms with van der Waals surface area (Å²) in [6.07, 6.45) is 1.05. The summed E-state index contributed by atoms with van der Waals surface area (Å²) in [6.45, 7) is 4.28. The monoisotopic (exact) mass is 305 g/mol. The molecule has 4 nitrogen and oxygen atoms in total. The van der Waals surface area contributed by atoms with Gasteiger partial charge in [-0.1, -0.05) is 37.6 Å². The van der Waals surface area contributed by atoms with Crippen LogP contribution in [-0.4, -0.2) is 16.1 Å². The van der Waals surface area contributed by atoms with Gasteiger partial charge >= 0.3 is 5.97 Å². The summed E-state index contributed by atoms with van der Waals surface area (Å²) in [5.74, 6) is -0.117. The molecule has 2 rings (SSSR count). The van der Waals surface area contributed by atoms with Gasteiger partial charge in [0, 0.05) is 0 Å². The van der Waals surface area contributed by atoms with E-state index in [1.165, 1.54) is 17.7 Å². The minimum Gasteiger partial charge on any atom is -0.477 e. The van der Waals surface area contributed by atoms with Gasteiger partial charge in [-0.15, -0.1) is 0 Å². The highest BCUT2D eigenvalue weighted by Crippen LogP contribution is 2.27. The van der Waals surface area contributed by atoms with Crippen LogP contribution in [0.25, 0.3) is 0 Å². The first-order chi connectivity index (χ1) is 10.0. The molecule has 0 fully saturated rings. The van der Waals surface area contributed by atoms with Crippen LogP contribution in [0, 0.1) is 0 Å². The first-order valence-corrected chi connectivity index (χ1v) is 7.06. The van der Waals surface area contributed by atoms with Crippen LogP contribution in [0.1, 0.15) is 42.1 Å². The average Bonchev–Trinajstić information content (AvgIpc) is 2.47. The maximum atomic E-state index is 11.1. The van der Waals surface area contributed by atoms with Crippen LogP contribution in [0.3, 0.4) is 0 Å². The van der Waals surface area contributed by atoms with Gasteiger partial charge in [-0.25, -0.2) is 9.78 Å². The van der Waals surface area contributed by atoms with E-state index in [0.717, 1.165) is 6.42 Å². The van der Waals surface area contributed by atoms with Crippen LogP contribution < -0.4 is 4.74 Å². The van der Waals surface area contributed by atoms with Gasteiger partial charge in [-0.05, 0) is 42.2 Å². The smallest absolute Gasteiger partial charge is 0.341 e. The van der Waals surface area contributed by atoms with Crippen LogP contribution >= 0.6 is 11.6 Å². The molecular formula is C16H16ClNO3. The summed E-state index contributed by atoms with van der Waals surface area (Å²) >= 11 is 5.79. The minimum absolute atomic E-state index is 0.00806. The maximum absolute atomic E-state index is 11.1. The molecule has 0 amide bonds. The fourth-order valence-corrected chi connectivity index (χ4v) is 2.01. The first kappa shape index (κ1) is 15.3. The third kappa shape index (κ3) is 3.73. The summed E-state index contributed by atoms with van der Waals surface area (Å²) in [4.78, 5) is 15.1. The molecule has 0 saturated carbocycles. The summed E-state index contributed by atoms with van der Waals surface area (Å²) < 4.78 is 5.54. The predicted octanol–water partition coefficient (Wildman–Crippen LogP) is 4.74. The summed E-state index contributed by atoms with van der Waals surface area (Å²) in [5, 5.41) is 9.31. The number of carboxylic acid groups (broad SMARTS) is 1. The van der Waals surface area contributed by atoms with Crippen LogP contribution in [0.15, 0.2) is 36.4 Å². The molecule has 1 atom stereocenters. The zero-order chi connectivity index (χ0) is 15.4. The van der Waals surface area contributed by atoms with Crippen LogP contribution in [0.2, 0.25) is 5.15 Å². The molecule has 1 aromatic heterocycles. The second-order valence-corrected chi connectivity index (χ2v) is 5.16. The van der Waals surface area contributed by atoms with E-state index in [0.29, 0.717) is 11.7 Å². The third-order valence-corrected chi connectivity index (χ3v) is 3.54. The molecule has 0 aliphatic heterocycles. The van der Waals surface area contributed by atoms with Crippen LogP contribution in [0.4, 0.5) is 0 Å². The van der Waals surface area contributed by atoms with Crippen molar-refractivity contribution in [1.82, 2.24) is 4.98 Å². The van der Waals surface area contributed by atoms with Crippen molar-refractivity contribution in [2.24, 2.45) is 0 Å². The summed E-state index contributed by atoms with van der Waals surface area (Å²) in [5.41, 5.74) is 1.19. The number of nitrogens with zero attached hydrogens (tertiary/aromatic N) is 1. The molecule has 21 heavy (non-hydrogen) atoms. The molecule has 0 bridgehead atoms. The van der Waals surface area contributed by atoms with Crippen molar-refractivity contribution in [2.45, 2.75) is 26.2 Å². The molecule has 2 aromatic rings. The number of rotatable bonds is 5. The number of aromatic nitrogens is 1. The Morgan fingerprint density at radius 3 is 2.52 bits per heavy atom. The molecule has 0 aliphatic carbocycles. The van der Waals surface area contributed by atoms with Gasteiger partial charge in [-0.3, -0.25) is 0 Å². The Balaban J connectivity index is 2.26. The number of aromatic carboxylic acids is 1. The Morgan fingerprint density at radius 1 is 1.29 bits per heavy atom. The molecule has 0 saturated heterocycles. The highest BCUT2D eigenvalue weighted by Gasteiger charge is 2.14. The van der Waals surface area contributed by atoms with E-state index >= 15 is 0 Å². The molecule has 1 aromatic carbocycles. The standard InChI is InChI=1S/C16H16ClNO3/c1-3-10(2)11-4-6-12(7-5-11)21-15-13(16(19)20)8-9-14(17)18-15/h4-10H,3H2,1-2H3,(H,19,20). The van der Waals surface area contributed by atoms with Crippen molar-refractivity contribution in [3.8, 4) is 11.6 Å². The van der Waals surface area contributed by atoms with E-state index in [1.54, 1.807) is 12.1 Å². The number of pyridine rings is 1. The lowest BCUT2D eigenvalue weighted by Crippen LogP contribution is -2.02. The lowest BCUT2D eigenvalue weighted by Gasteiger charge is -2.11. The van der Waals surface area contributed by atoms with Crippen molar-refractivity contribution in [1.29, 1.82) is 0 Å². The van der Waals surface area contributed by atoms with Gasteiger partial charge < -0.3 is 9.84 Å². The minimum atomic E-state index is -1.11. The van der Waals surface area contributed by atoms with Crippen LogP contribution in [-0.2, 0) is 0 Å². The number of benzene rings is 1. The zero-order valence-corrected chi connectivity index (χ0v) is 12.6. The SMILES string of the molecule is CCC(C)c1ccc(Oc2nc(Cl)ccc2C(=O)O)cc1. The van der Waals surface area contributed by atoms with Crippen molar-refractivity contribution in [3.05, 3.63) is 52.7 Å². The molecule has 1 heterocycles. The van der Waals surface area contributed by atoms with Gasteiger partial charge in [0.2, 0.25) is 5.88 Å². The first-order valence-electron chi connectivity index (χ1n) is 6.69. The molecule has 110 valence electrons. The van der Waals surface area contributed by atoms with E-state index in [2.05, 4.69) is 18.8 Å². The largest absolute Gasteiger partial charge is 0.477 e. The van der Waals surface area contributed by atoms with E-state index in [1.807, 2.05) is 12.1 Å². The molecule has 0 aliphatic rings. The fraction of sp³-hybridized carbons (Fsp3) is 0.250. The highest BCUT2D eigenvalue weighted by molar-refractivity contribution is 6.29. The van der Waals surface area contributed by atoms with Gasteiger partial charge in [0.1, 0.15) is 16.5 Å². The normalized spacial score (nSPS) is 12.0. The third-order valence-electron chi connectivity index (χ3n) is 3.33. The van der Waals surface area contributed by atoms with Crippen molar-refractivity contribution in [2.75, 3.05) is 0 Å². The topological polar surface area (TPSA) is 59.4 Å². The number of hydrogen-bond acceptors (Lipinski definition) is 3. The molecular weight excluding hydrogens is 290 g/mol. The zero-order valence-electron chi connectivity index (χ0n) is 11.8. The number of hydrogen-bond donors (Lipinski definition) is 1. The second kappa shape index (κ2) is 6.59. The van der Waals surface area contributed by atoms with Gasteiger partial charge in [0.15, 0.2) is 0 Å². The molecule has 1 N–H and O–H groups in total. The van der Waals surface area contributed by atoms with Crippen molar-refractivity contribution < 1.29 is 14.6 Å². The Kier molecular flexibility index (Phi) is 4.81. The Bertz CT molecular complexity index is 640. The number of halogens is 1. The van der Waals surface area contributed by atoms with Crippen molar-refractivity contribution >= 4 is 17.6 Å². The van der Waals surface area contributed by atoms with Gasteiger partial charge in [0.05, 0.1) is 0 Å².